The van der Waals surface area contributed by atoms with Gasteiger partial charge in [-0.1, -0.05) is 27.7 Å². The molecule has 3 saturated carbocycles. The van der Waals surface area contributed by atoms with E-state index >= 15 is 0 Å². The molecule has 31 heavy (non-hydrogen) atoms. The van der Waals surface area contributed by atoms with Gasteiger partial charge in [0, 0.05) is 38.3 Å². The fourth-order valence-electron chi connectivity index (χ4n) is 7.06. The highest BCUT2D eigenvalue weighted by molar-refractivity contribution is 5.80. The van der Waals surface area contributed by atoms with E-state index in [1.54, 1.807) is 11.9 Å². The molecule has 0 aromatic rings. The van der Waals surface area contributed by atoms with Crippen LogP contribution in [0, 0.1) is 47.3 Å². The predicted octanol–water partition coefficient (Wildman–Crippen LogP) is 6.19. The van der Waals surface area contributed by atoms with Gasteiger partial charge >= 0.3 is 0 Å². The quantitative estimate of drug-likeness (QED) is 0.462. The molecule has 4 fully saturated rings. The summed E-state index contributed by atoms with van der Waals surface area (Å²) in [6, 6.07) is 0. The van der Waals surface area contributed by atoms with E-state index in [1.807, 2.05) is 0 Å². The number of nitrogens with zero attached hydrogens (tertiary/aromatic N) is 1. The van der Waals surface area contributed by atoms with Crippen LogP contribution in [0.15, 0.2) is 0 Å². The third kappa shape index (κ3) is 5.24. The smallest absolute Gasteiger partial charge is 0.225 e. The van der Waals surface area contributed by atoms with Gasteiger partial charge in [0.15, 0.2) is 0 Å². The van der Waals surface area contributed by atoms with Crippen molar-refractivity contribution >= 4 is 5.91 Å². The van der Waals surface area contributed by atoms with Crippen LogP contribution in [-0.4, -0.2) is 49.1 Å². The highest BCUT2D eigenvalue weighted by atomic mass is 19.2. The predicted molar refractivity (Wildman–Crippen MR) is 116 cm³/mol. The Morgan fingerprint density at radius 1 is 0.774 bits per heavy atom. The Hall–Kier alpha value is -0.810. The molecular weight excluding hydrogens is 406 g/mol. The summed E-state index contributed by atoms with van der Waals surface area (Å²) in [5, 5.41) is 0. The first-order valence-corrected chi connectivity index (χ1v) is 12.3. The average molecular weight is 448 g/mol. The number of likely N-dealkylation sites (tertiary alicyclic amines) is 1. The van der Waals surface area contributed by atoms with Gasteiger partial charge in [0.1, 0.15) is 24.7 Å². The number of carbonyl (C=O) groups is 1. The van der Waals surface area contributed by atoms with E-state index < -0.39 is 30.6 Å². The number of hydrogen-bond acceptors (Lipinski definition) is 1. The van der Waals surface area contributed by atoms with Gasteiger partial charge in [-0.05, 0) is 61.2 Å². The van der Waals surface area contributed by atoms with Gasteiger partial charge in [0.2, 0.25) is 5.91 Å². The number of halogens is 4. The molecule has 0 aromatic heterocycles. The Bertz CT molecular complexity index is 614. The van der Waals surface area contributed by atoms with Crippen LogP contribution >= 0.6 is 0 Å². The van der Waals surface area contributed by atoms with Gasteiger partial charge in [0.25, 0.3) is 0 Å². The van der Waals surface area contributed by atoms with E-state index in [-0.39, 0.29) is 42.9 Å². The van der Waals surface area contributed by atoms with Crippen molar-refractivity contribution in [2.24, 2.45) is 47.3 Å². The fourth-order valence-corrected chi connectivity index (χ4v) is 7.06. The van der Waals surface area contributed by atoms with Gasteiger partial charge in [0.05, 0.1) is 0 Å². The molecule has 1 heterocycles. The van der Waals surface area contributed by atoms with E-state index in [0.29, 0.717) is 36.6 Å². The third-order valence-electron chi connectivity index (χ3n) is 8.62. The maximum Gasteiger partial charge on any atom is 0.225 e. The van der Waals surface area contributed by atoms with Gasteiger partial charge in [-0.15, -0.1) is 0 Å². The summed E-state index contributed by atoms with van der Waals surface area (Å²) >= 11 is 0. The van der Waals surface area contributed by atoms with Gasteiger partial charge < -0.3 is 4.90 Å². The topological polar surface area (TPSA) is 20.3 Å². The summed E-state index contributed by atoms with van der Waals surface area (Å²) in [7, 11) is 1.74. The number of carbonyl (C=O) groups excluding carboxylic acids is 1. The number of hydrogen-bond donors (Lipinski definition) is 0. The van der Waals surface area contributed by atoms with Crippen LogP contribution in [0.3, 0.4) is 0 Å². The number of rotatable bonds is 2. The van der Waals surface area contributed by atoms with Crippen molar-refractivity contribution in [2.45, 2.75) is 90.9 Å². The van der Waals surface area contributed by atoms with Crippen LogP contribution in [0.2, 0.25) is 0 Å². The molecule has 10 unspecified atom stereocenters. The van der Waals surface area contributed by atoms with E-state index in [1.165, 1.54) is 0 Å². The molecule has 0 bridgehead atoms. The van der Waals surface area contributed by atoms with Crippen molar-refractivity contribution in [3.8, 4) is 0 Å². The molecule has 1 aliphatic heterocycles. The first-order chi connectivity index (χ1) is 14.5. The molecule has 3 aliphatic carbocycles. The number of alkyl halides is 4. The molecule has 10 atom stereocenters. The minimum Gasteiger partial charge on any atom is -0.345 e. The zero-order valence-electron chi connectivity index (χ0n) is 19.7. The molecule has 1 amide bonds. The Labute approximate surface area is 185 Å². The highest BCUT2D eigenvalue weighted by Gasteiger charge is 2.50. The van der Waals surface area contributed by atoms with Crippen LogP contribution in [-0.2, 0) is 4.79 Å². The second kappa shape index (κ2) is 9.99. The van der Waals surface area contributed by atoms with Gasteiger partial charge in [-0.3, -0.25) is 4.79 Å². The average Bonchev–Trinajstić information content (AvgIpc) is 3.09. The Balaban J connectivity index is 0.000000179. The minimum atomic E-state index is -1.16. The van der Waals surface area contributed by atoms with Crippen LogP contribution in [0.4, 0.5) is 17.6 Å². The summed E-state index contributed by atoms with van der Waals surface area (Å²) in [4.78, 5) is 13.7. The lowest BCUT2D eigenvalue weighted by molar-refractivity contribution is -0.151. The van der Waals surface area contributed by atoms with Crippen LogP contribution in [0.5, 0.6) is 0 Å². The Morgan fingerprint density at radius 3 is 1.90 bits per heavy atom. The summed E-state index contributed by atoms with van der Waals surface area (Å²) in [6.45, 7) is 9.05. The van der Waals surface area contributed by atoms with Crippen LogP contribution < -0.4 is 0 Å². The highest BCUT2D eigenvalue weighted by Crippen LogP contribution is 2.50. The van der Waals surface area contributed by atoms with Gasteiger partial charge in [-0.25, -0.2) is 17.6 Å². The maximum absolute atomic E-state index is 14.1. The second-order valence-corrected chi connectivity index (χ2v) is 11.3. The summed E-state index contributed by atoms with van der Waals surface area (Å²) in [6.07, 6.45) is -0.953. The van der Waals surface area contributed by atoms with Crippen molar-refractivity contribution in [1.82, 2.24) is 4.90 Å². The summed E-state index contributed by atoms with van der Waals surface area (Å²) in [5.41, 5.74) is 0. The van der Waals surface area contributed by atoms with Gasteiger partial charge in [-0.2, -0.15) is 0 Å². The monoisotopic (exact) mass is 447 g/mol. The molecular formula is C25H41F4NO. The normalized spacial score (nSPS) is 45.3. The number of amides is 1. The second-order valence-electron chi connectivity index (χ2n) is 11.3. The van der Waals surface area contributed by atoms with Crippen molar-refractivity contribution in [3.63, 3.8) is 0 Å². The molecule has 4 rings (SSSR count). The first-order valence-electron chi connectivity index (χ1n) is 12.3. The molecule has 6 heteroatoms. The van der Waals surface area contributed by atoms with E-state index in [4.69, 9.17) is 0 Å². The lowest BCUT2D eigenvalue weighted by Gasteiger charge is -2.47. The zero-order valence-corrected chi connectivity index (χ0v) is 19.7. The maximum atomic E-state index is 14.1. The van der Waals surface area contributed by atoms with Crippen molar-refractivity contribution in [3.05, 3.63) is 0 Å². The Kier molecular flexibility index (Phi) is 8.00. The van der Waals surface area contributed by atoms with Crippen molar-refractivity contribution < 1.29 is 22.4 Å². The number of fused-ring (bicyclic) bond motifs is 2. The largest absolute Gasteiger partial charge is 0.345 e. The van der Waals surface area contributed by atoms with Crippen molar-refractivity contribution in [1.29, 1.82) is 0 Å². The van der Waals surface area contributed by atoms with Crippen LogP contribution in [0.1, 0.15) is 66.2 Å². The lowest BCUT2D eigenvalue weighted by Crippen LogP contribution is -2.55. The Morgan fingerprint density at radius 2 is 1.32 bits per heavy atom. The summed E-state index contributed by atoms with van der Waals surface area (Å²) < 4.78 is 54.4. The molecule has 180 valence electrons. The van der Waals surface area contributed by atoms with E-state index in [2.05, 4.69) is 27.7 Å². The minimum absolute atomic E-state index is 0.0264. The first kappa shape index (κ1) is 24.8. The molecule has 0 spiro atoms. The summed E-state index contributed by atoms with van der Waals surface area (Å²) in [5.74, 6) is 1.25. The molecule has 2 nitrogen and oxygen atoms in total. The standard InChI is InChI=1S/C13H21F2NO.C12H20F2/c1-7(2)10-6-16(3)13(17)9-4-8(14)5-11(15)12(9)10;1-7(2)10-4-3-8-5-9(13)6-11(14)12(8)10/h7-12H,4-6H2,1-3H3;7-12H,3-6H2,1-2H3. The molecule has 4 aliphatic rings. The number of piperidine rings is 1. The lowest BCUT2D eigenvalue weighted by atomic mass is 9.65. The zero-order chi connectivity index (χ0) is 23.0. The van der Waals surface area contributed by atoms with Crippen LogP contribution in [0.25, 0.3) is 0 Å². The molecule has 1 saturated heterocycles. The van der Waals surface area contributed by atoms with Crippen molar-refractivity contribution in [2.75, 3.05) is 13.6 Å². The molecule has 0 aromatic carbocycles. The fraction of sp³-hybridized carbons (Fsp3) is 0.960. The molecule has 0 radical (unpaired) electrons. The van der Waals surface area contributed by atoms with E-state index in [9.17, 15) is 22.4 Å². The van der Waals surface area contributed by atoms with E-state index in [0.717, 1.165) is 12.8 Å². The molecule has 0 N–H and O–H groups in total. The third-order valence-corrected chi connectivity index (χ3v) is 8.62. The SMILES string of the molecule is CC(C)C1CCC2CC(F)CC(F)C21.CC(C)C1CN(C)C(=O)C2CC(F)CC(F)C21.